The van der Waals surface area contributed by atoms with Gasteiger partial charge in [-0.25, -0.2) is 0 Å². The molecular weight excluding hydrogens is 152 g/mol. The third-order valence-corrected chi connectivity index (χ3v) is 1.41. The summed E-state index contributed by atoms with van der Waals surface area (Å²) in [6.07, 6.45) is 0. The molecule has 4 N–H and O–H groups in total. The van der Waals surface area contributed by atoms with Crippen LogP contribution < -0.4 is 16.2 Å². The van der Waals surface area contributed by atoms with Gasteiger partial charge in [0.15, 0.2) is 11.6 Å². The van der Waals surface area contributed by atoms with Gasteiger partial charge in [-0.15, -0.1) is 0 Å². The lowest BCUT2D eigenvalue weighted by Gasteiger charge is -2.07. The van der Waals surface area contributed by atoms with Gasteiger partial charge in [0.2, 0.25) is 0 Å². The summed E-state index contributed by atoms with van der Waals surface area (Å²) in [5.74, 6) is 0.693. The van der Waals surface area contributed by atoms with Crippen molar-refractivity contribution in [3.8, 4) is 5.75 Å². The van der Waals surface area contributed by atoms with Crippen LogP contribution in [0, 0.1) is 6.92 Å². The second kappa shape index (κ2) is 3.17. The normalized spacial score (nSPS) is 9.42. The number of rotatable bonds is 2. The highest BCUT2D eigenvalue weighted by atomic mass is 16.5. The van der Waals surface area contributed by atoms with Crippen LogP contribution in [0.25, 0.3) is 0 Å². The van der Waals surface area contributed by atoms with Crippen LogP contribution >= 0.6 is 0 Å². The number of ether oxygens (including phenoxy) is 1. The summed E-state index contributed by atoms with van der Waals surface area (Å²) in [5, 5.41) is 0. The predicted octanol–water partition coefficient (Wildman–Crippen LogP) is 1.39. The number of hydrogen-bond donors (Lipinski definition) is 2. The van der Waals surface area contributed by atoms with Crippen molar-refractivity contribution in [1.29, 1.82) is 0 Å². The third kappa shape index (κ3) is 1.92. The largest absolute Gasteiger partial charge is 0.440 e. The minimum Gasteiger partial charge on any atom is -0.440 e. The second-order valence-corrected chi connectivity index (χ2v) is 2.61. The molecule has 64 valence electrons. The summed E-state index contributed by atoms with van der Waals surface area (Å²) < 4.78 is 5.06. The zero-order valence-corrected chi connectivity index (χ0v) is 7.00. The second-order valence-electron chi connectivity index (χ2n) is 2.61. The van der Waals surface area contributed by atoms with E-state index in [1.807, 2.05) is 19.1 Å². The molecular formula is C9H12N2O. The van der Waals surface area contributed by atoms with Crippen molar-refractivity contribution in [3.63, 3.8) is 0 Å². The molecule has 0 fully saturated rings. The Morgan fingerprint density at radius 1 is 1.50 bits per heavy atom. The highest BCUT2D eigenvalue weighted by molar-refractivity contribution is 5.54. The van der Waals surface area contributed by atoms with Gasteiger partial charge < -0.3 is 16.2 Å². The van der Waals surface area contributed by atoms with Crippen LogP contribution in [0.15, 0.2) is 30.7 Å². The topological polar surface area (TPSA) is 61.3 Å². The quantitative estimate of drug-likeness (QED) is 0.513. The summed E-state index contributed by atoms with van der Waals surface area (Å²) in [6, 6.07) is 5.48. The van der Waals surface area contributed by atoms with Crippen LogP contribution in [0.3, 0.4) is 0 Å². The van der Waals surface area contributed by atoms with E-state index in [-0.39, 0.29) is 5.88 Å². The Hall–Kier alpha value is -1.64. The molecule has 0 bridgehead atoms. The molecule has 3 heteroatoms. The Morgan fingerprint density at radius 2 is 2.17 bits per heavy atom. The zero-order chi connectivity index (χ0) is 9.14. The lowest BCUT2D eigenvalue weighted by molar-refractivity contribution is 0.424. The lowest BCUT2D eigenvalue weighted by atomic mass is 10.2. The molecule has 0 aliphatic heterocycles. The molecule has 0 atom stereocenters. The van der Waals surface area contributed by atoms with Gasteiger partial charge in [-0.3, -0.25) is 0 Å². The SMILES string of the molecule is C=C(N)Oc1ccc(C)cc1N. The van der Waals surface area contributed by atoms with Crippen LogP contribution in [-0.4, -0.2) is 0 Å². The average Bonchev–Trinajstić information content (AvgIpc) is 1.94. The Bertz CT molecular complexity index is 307. The summed E-state index contributed by atoms with van der Waals surface area (Å²) in [5.41, 5.74) is 12.6. The summed E-state index contributed by atoms with van der Waals surface area (Å²) in [6.45, 7) is 5.37. The minimum atomic E-state index is 0.144. The van der Waals surface area contributed by atoms with Crippen molar-refractivity contribution in [3.05, 3.63) is 36.2 Å². The van der Waals surface area contributed by atoms with Crippen LogP contribution in [0.2, 0.25) is 0 Å². The van der Waals surface area contributed by atoms with Crippen molar-refractivity contribution in [2.45, 2.75) is 6.92 Å². The maximum atomic E-state index is 5.65. The van der Waals surface area contributed by atoms with Gasteiger partial charge in [0.1, 0.15) is 0 Å². The van der Waals surface area contributed by atoms with E-state index in [1.165, 1.54) is 0 Å². The van der Waals surface area contributed by atoms with Gasteiger partial charge in [0.05, 0.1) is 5.69 Å². The number of benzene rings is 1. The van der Waals surface area contributed by atoms with E-state index in [2.05, 4.69) is 6.58 Å². The molecule has 3 nitrogen and oxygen atoms in total. The first-order valence-electron chi connectivity index (χ1n) is 3.58. The molecule has 0 spiro atoms. The van der Waals surface area contributed by atoms with Gasteiger partial charge in [-0.05, 0) is 31.2 Å². The maximum Gasteiger partial charge on any atom is 0.183 e. The van der Waals surface area contributed by atoms with Crippen LogP contribution in [0.4, 0.5) is 5.69 Å². The van der Waals surface area contributed by atoms with Crippen molar-refractivity contribution in [2.75, 3.05) is 5.73 Å². The zero-order valence-electron chi connectivity index (χ0n) is 7.00. The van der Waals surface area contributed by atoms with E-state index < -0.39 is 0 Å². The van der Waals surface area contributed by atoms with Gasteiger partial charge in [-0.1, -0.05) is 6.07 Å². The molecule has 0 unspecified atom stereocenters. The fraction of sp³-hybridized carbons (Fsp3) is 0.111. The number of anilines is 1. The van der Waals surface area contributed by atoms with Crippen molar-refractivity contribution in [2.24, 2.45) is 5.73 Å². The van der Waals surface area contributed by atoms with Gasteiger partial charge >= 0.3 is 0 Å². The molecule has 0 saturated heterocycles. The number of nitrogens with two attached hydrogens (primary N) is 2. The molecule has 0 amide bonds. The molecule has 0 heterocycles. The number of nitrogen functional groups attached to an aromatic ring is 1. The molecule has 1 rings (SSSR count). The molecule has 1 aromatic carbocycles. The molecule has 1 aromatic rings. The number of aryl methyl sites for hydroxylation is 1. The van der Waals surface area contributed by atoms with E-state index in [0.717, 1.165) is 5.56 Å². The highest BCUT2D eigenvalue weighted by Gasteiger charge is 1.99. The first-order valence-corrected chi connectivity index (χ1v) is 3.58. The number of hydrogen-bond acceptors (Lipinski definition) is 3. The molecule has 0 aliphatic rings. The molecule has 0 saturated carbocycles. The molecule has 0 aliphatic carbocycles. The van der Waals surface area contributed by atoms with Crippen molar-refractivity contribution >= 4 is 5.69 Å². The van der Waals surface area contributed by atoms with Gasteiger partial charge in [-0.2, -0.15) is 0 Å². The smallest absolute Gasteiger partial charge is 0.183 e. The highest BCUT2D eigenvalue weighted by Crippen LogP contribution is 2.22. The Balaban J connectivity index is 2.93. The molecule has 0 radical (unpaired) electrons. The molecule has 12 heavy (non-hydrogen) atoms. The summed E-state index contributed by atoms with van der Waals surface area (Å²) >= 11 is 0. The summed E-state index contributed by atoms with van der Waals surface area (Å²) in [7, 11) is 0. The van der Waals surface area contributed by atoms with Crippen molar-refractivity contribution in [1.82, 2.24) is 0 Å². The predicted molar refractivity (Wildman–Crippen MR) is 49.5 cm³/mol. The maximum absolute atomic E-state index is 5.65. The van der Waals surface area contributed by atoms with E-state index in [4.69, 9.17) is 16.2 Å². The Morgan fingerprint density at radius 3 is 2.67 bits per heavy atom. The van der Waals surface area contributed by atoms with Gasteiger partial charge in [0, 0.05) is 0 Å². The van der Waals surface area contributed by atoms with E-state index in [1.54, 1.807) is 6.07 Å². The lowest BCUT2D eigenvalue weighted by Crippen LogP contribution is -2.05. The fourth-order valence-corrected chi connectivity index (χ4v) is 0.902. The standard InChI is InChI=1S/C9H12N2O/c1-6-3-4-9(8(11)5-6)12-7(2)10/h3-5H,2,10-11H2,1H3. The first-order chi connectivity index (χ1) is 5.59. The van der Waals surface area contributed by atoms with Crippen molar-refractivity contribution < 1.29 is 4.74 Å². The van der Waals surface area contributed by atoms with Crippen LogP contribution in [0.5, 0.6) is 5.75 Å². The first kappa shape index (κ1) is 8.46. The third-order valence-electron chi connectivity index (χ3n) is 1.41. The van der Waals surface area contributed by atoms with E-state index >= 15 is 0 Å². The fourth-order valence-electron chi connectivity index (χ4n) is 0.902. The van der Waals surface area contributed by atoms with Crippen LogP contribution in [-0.2, 0) is 0 Å². The van der Waals surface area contributed by atoms with Crippen LogP contribution in [0.1, 0.15) is 5.56 Å². The Kier molecular flexibility index (Phi) is 2.24. The molecule has 0 aromatic heterocycles. The van der Waals surface area contributed by atoms with E-state index in [0.29, 0.717) is 11.4 Å². The summed E-state index contributed by atoms with van der Waals surface area (Å²) in [4.78, 5) is 0. The van der Waals surface area contributed by atoms with Gasteiger partial charge in [0.25, 0.3) is 0 Å². The Labute approximate surface area is 71.6 Å². The monoisotopic (exact) mass is 164 g/mol. The van der Waals surface area contributed by atoms with E-state index in [9.17, 15) is 0 Å². The minimum absolute atomic E-state index is 0.144. The average molecular weight is 164 g/mol.